The van der Waals surface area contributed by atoms with Crippen molar-refractivity contribution in [3.8, 4) is 0 Å². The molecular weight excluding hydrogens is 544 g/mol. The Morgan fingerprint density at radius 2 is 0.868 bits per heavy atom. The zero-order chi connectivity index (χ0) is 27.9. The second kappa shape index (κ2) is 30.3. The van der Waals surface area contributed by atoms with E-state index in [2.05, 4.69) is 40.1 Å². The highest BCUT2D eigenvalue weighted by Gasteiger charge is 2.06. The monoisotopic (exact) mass is 602 g/mol. The molecule has 0 saturated heterocycles. The van der Waals surface area contributed by atoms with E-state index in [1.807, 2.05) is 0 Å². The number of halogens is 1. The number of nitrogens with one attached hydrogen (secondary N) is 2. The van der Waals surface area contributed by atoms with Crippen molar-refractivity contribution in [1.82, 2.24) is 10.6 Å². The van der Waals surface area contributed by atoms with E-state index in [0.717, 1.165) is 31.0 Å². The normalized spacial score (nSPS) is 10.8. The summed E-state index contributed by atoms with van der Waals surface area (Å²) in [6, 6.07) is 0. The largest absolute Gasteiger partial charge is 0.445 e. The highest BCUT2D eigenvalue weighted by Crippen LogP contribution is 2.13. The summed E-state index contributed by atoms with van der Waals surface area (Å²) < 4.78 is 10.3. The lowest BCUT2D eigenvalue weighted by molar-refractivity contribution is 0.139. The minimum absolute atomic E-state index is 0.0451. The minimum atomic E-state index is -0.459. The summed E-state index contributed by atoms with van der Waals surface area (Å²) >= 11 is 3.42. The number of alkyl carbamates (subject to hydrolysis) is 2. The fraction of sp³-hybridized carbons (Fsp3) is 0.871. The third kappa shape index (κ3) is 29.3. The number of amides is 2. The van der Waals surface area contributed by atoms with Crippen LogP contribution in [0, 0.1) is 0 Å². The van der Waals surface area contributed by atoms with Crippen LogP contribution in [-0.4, -0.2) is 43.8 Å². The molecule has 0 heterocycles. The van der Waals surface area contributed by atoms with Crippen LogP contribution in [0.15, 0.2) is 12.2 Å². The Hall–Kier alpha value is -1.24. The molecule has 38 heavy (non-hydrogen) atoms. The third-order valence-electron chi connectivity index (χ3n) is 6.69. The molecule has 0 fully saturated rings. The fourth-order valence-corrected chi connectivity index (χ4v) is 4.68. The molecule has 2 amide bonds. The van der Waals surface area contributed by atoms with Gasteiger partial charge >= 0.3 is 12.2 Å². The zero-order valence-corrected chi connectivity index (χ0v) is 26.2. The molecule has 0 saturated carbocycles. The van der Waals surface area contributed by atoms with Gasteiger partial charge in [0.2, 0.25) is 0 Å². The van der Waals surface area contributed by atoms with Gasteiger partial charge in [0.05, 0.1) is 0 Å². The predicted molar refractivity (Wildman–Crippen MR) is 164 cm³/mol. The molecule has 0 aliphatic heterocycles. The maximum absolute atomic E-state index is 11.8. The molecule has 0 atom stereocenters. The molecule has 0 unspecified atom stereocenters. The van der Waals surface area contributed by atoms with E-state index < -0.39 is 12.2 Å². The van der Waals surface area contributed by atoms with Gasteiger partial charge in [-0.2, -0.15) is 0 Å². The van der Waals surface area contributed by atoms with Crippen molar-refractivity contribution in [2.75, 3.05) is 31.6 Å². The molecular formula is C31H59BrN2O4. The minimum Gasteiger partial charge on any atom is -0.445 e. The smallest absolute Gasteiger partial charge is 0.407 e. The lowest BCUT2D eigenvalue weighted by atomic mass is 10.0. The van der Waals surface area contributed by atoms with E-state index in [-0.39, 0.29) is 13.2 Å². The summed E-state index contributed by atoms with van der Waals surface area (Å²) in [5.41, 5.74) is 0.549. The van der Waals surface area contributed by atoms with Crippen molar-refractivity contribution in [3.63, 3.8) is 0 Å². The van der Waals surface area contributed by atoms with Crippen LogP contribution < -0.4 is 10.6 Å². The Balaban J connectivity index is 3.37. The van der Waals surface area contributed by atoms with E-state index >= 15 is 0 Å². The summed E-state index contributed by atoms with van der Waals surface area (Å²) in [5.74, 6) is 0. The molecule has 0 rings (SSSR count). The topological polar surface area (TPSA) is 76.7 Å². The Bertz CT molecular complexity index is 560. The number of carbonyl (C=O) groups excluding carboxylic acids is 2. The first-order valence-corrected chi connectivity index (χ1v) is 16.8. The van der Waals surface area contributed by atoms with E-state index in [9.17, 15) is 9.59 Å². The third-order valence-corrected chi connectivity index (χ3v) is 7.25. The first-order valence-electron chi connectivity index (χ1n) is 15.6. The molecule has 0 aromatic rings. The van der Waals surface area contributed by atoms with Gasteiger partial charge in [-0.3, -0.25) is 0 Å². The number of carbonyl (C=O) groups is 2. The van der Waals surface area contributed by atoms with Crippen molar-refractivity contribution in [1.29, 1.82) is 0 Å². The molecule has 0 aromatic carbocycles. The second-order valence-corrected chi connectivity index (χ2v) is 11.3. The molecule has 0 radical (unpaired) electrons. The summed E-state index contributed by atoms with van der Waals surface area (Å²) in [7, 11) is 0. The van der Waals surface area contributed by atoms with E-state index in [1.165, 1.54) is 109 Å². The molecule has 0 spiro atoms. The molecule has 0 bridgehead atoms. The molecule has 0 aliphatic carbocycles. The lowest BCUT2D eigenvalue weighted by Crippen LogP contribution is -2.28. The van der Waals surface area contributed by atoms with Crippen LogP contribution in [-0.2, 0) is 9.47 Å². The van der Waals surface area contributed by atoms with Gasteiger partial charge < -0.3 is 20.1 Å². The van der Waals surface area contributed by atoms with E-state index in [4.69, 9.17) is 9.47 Å². The highest BCUT2D eigenvalue weighted by atomic mass is 79.9. The standard InChI is InChI=1S/C31H59BrN2O4/c1-3-4-5-6-7-8-9-10-11-12-13-14-15-16-19-22-25-33-30(35)37-27-29(2)28-38-31(36)34-26-23-20-17-18-21-24-32/h2-28H2,1H3,(H,33,35)(H,34,36). The van der Waals surface area contributed by atoms with Crippen molar-refractivity contribution in [2.45, 2.75) is 142 Å². The van der Waals surface area contributed by atoms with E-state index in [0.29, 0.717) is 18.7 Å². The average Bonchev–Trinajstić information content (AvgIpc) is 2.92. The van der Waals surface area contributed by atoms with Crippen LogP contribution in [0.25, 0.3) is 0 Å². The maximum Gasteiger partial charge on any atom is 0.407 e. The van der Waals surface area contributed by atoms with E-state index in [1.54, 1.807) is 0 Å². The highest BCUT2D eigenvalue weighted by molar-refractivity contribution is 9.09. The summed E-state index contributed by atoms with van der Waals surface area (Å²) in [6.45, 7) is 7.40. The zero-order valence-electron chi connectivity index (χ0n) is 24.6. The van der Waals surface area contributed by atoms with Crippen LogP contribution in [0.5, 0.6) is 0 Å². The maximum atomic E-state index is 11.8. The van der Waals surface area contributed by atoms with Crippen LogP contribution >= 0.6 is 15.9 Å². The number of hydrogen-bond acceptors (Lipinski definition) is 4. The van der Waals surface area contributed by atoms with Crippen molar-refractivity contribution >= 4 is 28.1 Å². The van der Waals surface area contributed by atoms with Gasteiger partial charge in [0.15, 0.2) is 0 Å². The Morgan fingerprint density at radius 3 is 1.21 bits per heavy atom. The molecule has 7 heteroatoms. The summed E-state index contributed by atoms with van der Waals surface area (Å²) in [4.78, 5) is 23.5. The van der Waals surface area contributed by atoms with Gasteiger partial charge in [0.1, 0.15) is 13.2 Å². The van der Waals surface area contributed by atoms with Gasteiger partial charge in [-0.05, 0) is 24.8 Å². The first-order chi connectivity index (χ1) is 18.6. The number of alkyl halides is 1. The lowest BCUT2D eigenvalue weighted by Gasteiger charge is -2.10. The predicted octanol–water partition coefficient (Wildman–Crippen LogP) is 9.60. The van der Waals surface area contributed by atoms with Crippen molar-refractivity contribution in [2.24, 2.45) is 0 Å². The first kappa shape index (κ1) is 36.8. The number of hydrogen-bond donors (Lipinski definition) is 2. The quantitative estimate of drug-likeness (QED) is 0.0530. The molecule has 0 aliphatic rings. The Labute approximate surface area is 243 Å². The van der Waals surface area contributed by atoms with Gasteiger partial charge in [0, 0.05) is 18.4 Å². The van der Waals surface area contributed by atoms with Gasteiger partial charge in [-0.15, -0.1) is 0 Å². The molecule has 2 N–H and O–H groups in total. The van der Waals surface area contributed by atoms with Crippen LogP contribution in [0.4, 0.5) is 9.59 Å². The average molecular weight is 604 g/mol. The number of rotatable bonds is 28. The van der Waals surface area contributed by atoms with Gasteiger partial charge in [0.25, 0.3) is 0 Å². The van der Waals surface area contributed by atoms with Crippen LogP contribution in [0.2, 0.25) is 0 Å². The van der Waals surface area contributed by atoms with Gasteiger partial charge in [-0.25, -0.2) is 9.59 Å². The van der Waals surface area contributed by atoms with Crippen LogP contribution in [0.3, 0.4) is 0 Å². The Kier molecular flexibility index (Phi) is 29.3. The molecule has 6 nitrogen and oxygen atoms in total. The second-order valence-electron chi connectivity index (χ2n) is 10.5. The van der Waals surface area contributed by atoms with Crippen molar-refractivity contribution in [3.05, 3.63) is 12.2 Å². The van der Waals surface area contributed by atoms with Gasteiger partial charge in [-0.1, -0.05) is 145 Å². The fourth-order valence-electron chi connectivity index (χ4n) is 4.28. The molecule has 224 valence electrons. The Morgan fingerprint density at radius 1 is 0.553 bits per heavy atom. The SMILES string of the molecule is C=C(COC(=O)NCCCCCCCBr)COC(=O)NCCCCCCCCCCCCCCCCCC. The summed E-state index contributed by atoms with van der Waals surface area (Å²) in [5, 5.41) is 6.56. The van der Waals surface area contributed by atoms with Crippen molar-refractivity contribution < 1.29 is 19.1 Å². The molecule has 0 aromatic heterocycles. The number of unbranched alkanes of at least 4 members (excludes halogenated alkanes) is 19. The van der Waals surface area contributed by atoms with Crippen LogP contribution in [0.1, 0.15) is 142 Å². The summed E-state index contributed by atoms with van der Waals surface area (Å²) in [6.07, 6.45) is 26.0. The number of ether oxygens (including phenoxy) is 2.